The number of benzene rings is 2. The van der Waals surface area contributed by atoms with Gasteiger partial charge in [-0.1, -0.05) is 28.1 Å². The van der Waals surface area contributed by atoms with Crippen molar-refractivity contribution in [3.8, 4) is 0 Å². The number of halogens is 1. The van der Waals surface area contributed by atoms with Crippen LogP contribution in [0.5, 0.6) is 0 Å². The second-order valence-corrected chi connectivity index (χ2v) is 6.03. The highest BCUT2D eigenvalue weighted by Crippen LogP contribution is 2.17. The number of anilines is 2. The van der Waals surface area contributed by atoms with Gasteiger partial charge in [0, 0.05) is 15.8 Å². The largest absolute Gasteiger partial charge is 0.376 e. The van der Waals surface area contributed by atoms with Crippen molar-refractivity contribution in [2.45, 2.75) is 13.8 Å². The highest BCUT2D eigenvalue weighted by atomic mass is 79.9. The van der Waals surface area contributed by atoms with Crippen LogP contribution in [-0.2, 0) is 4.79 Å². The standard InChI is InChI=1S/C17H18BrN3O2/c1-11-4-3-5-15(12(11)2)20-17(23)21-16(22)10-19-14-8-6-13(18)7-9-14/h3-9,19H,10H2,1-2H3,(H2,20,21,22,23). The lowest BCUT2D eigenvalue weighted by Crippen LogP contribution is -2.38. The molecule has 0 aliphatic rings. The summed E-state index contributed by atoms with van der Waals surface area (Å²) < 4.78 is 0.959. The first-order chi connectivity index (χ1) is 11.0. The quantitative estimate of drug-likeness (QED) is 0.760. The molecule has 0 heterocycles. The average Bonchev–Trinajstić information content (AvgIpc) is 2.51. The number of carbonyl (C=O) groups is 2. The zero-order valence-corrected chi connectivity index (χ0v) is 14.5. The van der Waals surface area contributed by atoms with Crippen LogP contribution >= 0.6 is 15.9 Å². The predicted molar refractivity (Wildman–Crippen MR) is 95.7 cm³/mol. The van der Waals surface area contributed by atoms with E-state index in [1.807, 2.05) is 50.2 Å². The Morgan fingerprint density at radius 1 is 1.04 bits per heavy atom. The number of urea groups is 1. The average molecular weight is 376 g/mol. The molecule has 0 unspecified atom stereocenters. The maximum Gasteiger partial charge on any atom is 0.325 e. The molecular weight excluding hydrogens is 358 g/mol. The van der Waals surface area contributed by atoms with Gasteiger partial charge >= 0.3 is 6.03 Å². The van der Waals surface area contributed by atoms with Crippen molar-refractivity contribution in [1.29, 1.82) is 0 Å². The van der Waals surface area contributed by atoms with Gasteiger partial charge in [0.2, 0.25) is 5.91 Å². The summed E-state index contributed by atoms with van der Waals surface area (Å²) in [6, 6.07) is 12.5. The Morgan fingerprint density at radius 3 is 2.43 bits per heavy atom. The molecule has 2 rings (SSSR count). The Morgan fingerprint density at radius 2 is 1.74 bits per heavy atom. The summed E-state index contributed by atoms with van der Waals surface area (Å²) >= 11 is 3.34. The van der Waals surface area contributed by atoms with Crippen LogP contribution in [0.4, 0.5) is 16.2 Å². The maximum absolute atomic E-state index is 11.9. The van der Waals surface area contributed by atoms with Crippen molar-refractivity contribution in [2.75, 3.05) is 17.2 Å². The van der Waals surface area contributed by atoms with Crippen LogP contribution in [0.1, 0.15) is 11.1 Å². The van der Waals surface area contributed by atoms with E-state index in [1.54, 1.807) is 6.07 Å². The molecule has 0 bridgehead atoms. The number of hydrogen-bond acceptors (Lipinski definition) is 3. The summed E-state index contributed by atoms with van der Waals surface area (Å²) in [6.45, 7) is 3.90. The molecule has 2 aromatic carbocycles. The van der Waals surface area contributed by atoms with Crippen molar-refractivity contribution in [3.05, 3.63) is 58.1 Å². The molecule has 6 heteroatoms. The first-order valence-corrected chi connectivity index (χ1v) is 7.91. The molecule has 5 nitrogen and oxygen atoms in total. The first kappa shape index (κ1) is 17.0. The number of hydrogen-bond donors (Lipinski definition) is 3. The van der Waals surface area contributed by atoms with Crippen molar-refractivity contribution in [3.63, 3.8) is 0 Å². The van der Waals surface area contributed by atoms with E-state index in [0.29, 0.717) is 5.69 Å². The minimum Gasteiger partial charge on any atom is -0.376 e. The van der Waals surface area contributed by atoms with Crippen LogP contribution < -0.4 is 16.0 Å². The van der Waals surface area contributed by atoms with Crippen LogP contribution in [0, 0.1) is 13.8 Å². The summed E-state index contributed by atoms with van der Waals surface area (Å²) in [7, 11) is 0. The van der Waals surface area contributed by atoms with Gasteiger partial charge in [-0.25, -0.2) is 4.79 Å². The fourth-order valence-electron chi connectivity index (χ4n) is 1.96. The Labute approximate surface area is 143 Å². The molecule has 0 spiro atoms. The van der Waals surface area contributed by atoms with Gasteiger partial charge in [0.15, 0.2) is 0 Å². The third-order valence-corrected chi connectivity index (χ3v) is 3.93. The summed E-state index contributed by atoms with van der Waals surface area (Å²) in [4.78, 5) is 23.7. The van der Waals surface area contributed by atoms with E-state index in [0.717, 1.165) is 21.3 Å². The molecule has 0 aromatic heterocycles. The molecule has 0 aliphatic carbocycles. The third-order valence-electron chi connectivity index (χ3n) is 3.40. The molecule has 2 aromatic rings. The van der Waals surface area contributed by atoms with E-state index in [4.69, 9.17) is 0 Å². The third kappa shape index (κ3) is 5.10. The number of nitrogens with one attached hydrogen (secondary N) is 3. The van der Waals surface area contributed by atoms with Crippen LogP contribution in [0.2, 0.25) is 0 Å². The van der Waals surface area contributed by atoms with E-state index in [2.05, 4.69) is 31.9 Å². The van der Waals surface area contributed by atoms with Crippen molar-refractivity contribution in [1.82, 2.24) is 5.32 Å². The maximum atomic E-state index is 11.9. The molecule has 0 saturated heterocycles. The Balaban J connectivity index is 1.84. The molecule has 0 saturated carbocycles. The number of carbonyl (C=O) groups excluding carboxylic acids is 2. The van der Waals surface area contributed by atoms with E-state index in [9.17, 15) is 9.59 Å². The lowest BCUT2D eigenvalue weighted by Gasteiger charge is -2.11. The molecule has 0 fully saturated rings. The zero-order valence-electron chi connectivity index (χ0n) is 12.9. The molecule has 0 radical (unpaired) electrons. The van der Waals surface area contributed by atoms with Gasteiger partial charge in [-0.15, -0.1) is 0 Å². The minimum absolute atomic E-state index is 0.0157. The second-order valence-electron chi connectivity index (χ2n) is 5.11. The van der Waals surface area contributed by atoms with E-state index < -0.39 is 11.9 Å². The van der Waals surface area contributed by atoms with Gasteiger partial charge in [0.25, 0.3) is 0 Å². The van der Waals surface area contributed by atoms with E-state index in [1.165, 1.54) is 0 Å². The Kier molecular flexibility index (Phi) is 5.76. The molecule has 120 valence electrons. The van der Waals surface area contributed by atoms with Gasteiger partial charge in [0.1, 0.15) is 0 Å². The normalized spacial score (nSPS) is 10.0. The lowest BCUT2D eigenvalue weighted by molar-refractivity contribution is -0.118. The summed E-state index contributed by atoms with van der Waals surface area (Å²) in [5.41, 5.74) is 3.54. The highest BCUT2D eigenvalue weighted by Gasteiger charge is 2.09. The number of rotatable bonds is 4. The number of imide groups is 1. The van der Waals surface area contributed by atoms with Gasteiger partial charge in [-0.2, -0.15) is 0 Å². The van der Waals surface area contributed by atoms with Crippen molar-refractivity contribution < 1.29 is 9.59 Å². The van der Waals surface area contributed by atoms with Crippen LogP contribution in [-0.4, -0.2) is 18.5 Å². The summed E-state index contributed by atoms with van der Waals surface area (Å²) in [5, 5.41) is 7.93. The molecule has 0 atom stereocenters. The number of amides is 3. The van der Waals surface area contributed by atoms with Crippen LogP contribution in [0.15, 0.2) is 46.9 Å². The summed E-state index contributed by atoms with van der Waals surface area (Å²) in [5.74, 6) is -0.407. The topological polar surface area (TPSA) is 70.2 Å². The number of aryl methyl sites for hydroxylation is 1. The minimum atomic E-state index is -0.540. The molecular formula is C17H18BrN3O2. The molecule has 23 heavy (non-hydrogen) atoms. The van der Waals surface area contributed by atoms with E-state index >= 15 is 0 Å². The highest BCUT2D eigenvalue weighted by molar-refractivity contribution is 9.10. The van der Waals surface area contributed by atoms with E-state index in [-0.39, 0.29) is 6.54 Å². The van der Waals surface area contributed by atoms with Gasteiger partial charge in [-0.05, 0) is 55.3 Å². The van der Waals surface area contributed by atoms with Gasteiger partial charge < -0.3 is 10.6 Å². The van der Waals surface area contributed by atoms with Crippen molar-refractivity contribution >= 4 is 39.2 Å². The first-order valence-electron chi connectivity index (χ1n) is 7.12. The van der Waals surface area contributed by atoms with Gasteiger partial charge in [0.05, 0.1) is 6.54 Å². The zero-order chi connectivity index (χ0) is 16.8. The van der Waals surface area contributed by atoms with Crippen LogP contribution in [0.25, 0.3) is 0 Å². The Bertz CT molecular complexity index is 714. The van der Waals surface area contributed by atoms with Crippen LogP contribution in [0.3, 0.4) is 0 Å². The molecule has 3 N–H and O–H groups in total. The van der Waals surface area contributed by atoms with Crippen molar-refractivity contribution in [2.24, 2.45) is 0 Å². The smallest absolute Gasteiger partial charge is 0.325 e. The van der Waals surface area contributed by atoms with Gasteiger partial charge in [-0.3, -0.25) is 10.1 Å². The predicted octanol–water partition coefficient (Wildman–Crippen LogP) is 3.83. The lowest BCUT2D eigenvalue weighted by atomic mass is 10.1. The Hall–Kier alpha value is -2.34. The SMILES string of the molecule is Cc1cccc(NC(=O)NC(=O)CNc2ccc(Br)cc2)c1C. The fraction of sp³-hybridized carbons (Fsp3) is 0.176. The summed E-state index contributed by atoms with van der Waals surface area (Å²) in [6.07, 6.45) is 0. The monoisotopic (exact) mass is 375 g/mol. The second kappa shape index (κ2) is 7.78. The molecule has 3 amide bonds. The molecule has 0 aliphatic heterocycles. The fourth-order valence-corrected chi connectivity index (χ4v) is 2.23.